The first-order valence-electron chi connectivity index (χ1n) is 8.61. The largest absolute Gasteiger partial charge is 0.497 e. The van der Waals surface area contributed by atoms with E-state index in [0.717, 1.165) is 16.3 Å². The molecular weight excluding hydrogens is 330 g/mol. The molecule has 0 fully saturated rings. The van der Waals surface area contributed by atoms with Crippen molar-refractivity contribution in [1.29, 1.82) is 0 Å². The molecule has 4 heteroatoms. The normalized spacial score (nSPS) is 11.0. The van der Waals surface area contributed by atoms with Crippen molar-refractivity contribution in [2.45, 2.75) is 44.4 Å². The van der Waals surface area contributed by atoms with Gasteiger partial charge in [-0.05, 0) is 41.2 Å². The summed E-state index contributed by atoms with van der Waals surface area (Å²) in [7, 11) is 1.65. The Labute approximate surface area is 155 Å². The first-order chi connectivity index (χ1) is 11.9. The minimum absolute atomic E-state index is 0.0165. The molecule has 0 unspecified atom stereocenters. The van der Waals surface area contributed by atoms with Crippen molar-refractivity contribution in [2.75, 3.05) is 18.2 Å². The molecule has 0 atom stereocenters. The van der Waals surface area contributed by atoms with Gasteiger partial charge in [0.15, 0.2) is 0 Å². The van der Waals surface area contributed by atoms with Gasteiger partial charge in [0.25, 0.3) is 0 Å². The van der Waals surface area contributed by atoms with E-state index >= 15 is 0 Å². The van der Waals surface area contributed by atoms with Crippen molar-refractivity contribution >= 4 is 23.4 Å². The number of thioether (sulfide) groups is 1. The maximum absolute atomic E-state index is 12.5. The number of hydrogen-bond donors (Lipinski definition) is 1. The van der Waals surface area contributed by atoms with Gasteiger partial charge in [0.05, 0.1) is 12.9 Å². The minimum Gasteiger partial charge on any atom is -0.497 e. The van der Waals surface area contributed by atoms with Crippen molar-refractivity contribution in [3.63, 3.8) is 0 Å². The van der Waals surface area contributed by atoms with Gasteiger partial charge in [-0.15, -0.1) is 11.8 Å². The van der Waals surface area contributed by atoms with Gasteiger partial charge in [-0.25, -0.2) is 0 Å². The Morgan fingerprint density at radius 3 is 2.20 bits per heavy atom. The van der Waals surface area contributed by atoms with Gasteiger partial charge in [0.1, 0.15) is 5.75 Å². The number of hydrogen-bond acceptors (Lipinski definition) is 3. The van der Waals surface area contributed by atoms with E-state index in [-0.39, 0.29) is 5.91 Å². The van der Waals surface area contributed by atoms with Crippen molar-refractivity contribution in [1.82, 2.24) is 0 Å². The second-order valence-electron chi connectivity index (χ2n) is 6.64. The molecular formula is C21H27NO2S. The smallest absolute Gasteiger partial charge is 0.234 e. The number of benzene rings is 2. The predicted molar refractivity (Wildman–Crippen MR) is 107 cm³/mol. The summed E-state index contributed by atoms with van der Waals surface area (Å²) in [5.41, 5.74) is 3.35. The number of rotatable bonds is 7. The molecule has 0 saturated carbocycles. The molecule has 25 heavy (non-hydrogen) atoms. The van der Waals surface area contributed by atoms with E-state index in [9.17, 15) is 4.79 Å². The van der Waals surface area contributed by atoms with Crippen molar-refractivity contribution in [2.24, 2.45) is 0 Å². The fourth-order valence-electron chi connectivity index (χ4n) is 2.71. The van der Waals surface area contributed by atoms with Crippen LogP contribution in [0.1, 0.15) is 50.7 Å². The highest BCUT2D eigenvalue weighted by atomic mass is 32.2. The molecule has 0 radical (unpaired) electrons. The van der Waals surface area contributed by atoms with Gasteiger partial charge in [-0.3, -0.25) is 4.79 Å². The lowest BCUT2D eigenvalue weighted by atomic mass is 9.92. The van der Waals surface area contributed by atoms with Gasteiger partial charge in [0, 0.05) is 10.6 Å². The standard InChI is InChI=1S/C21H27NO2S/c1-14(2)18-10-7-11-19(15(3)4)21(18)22-20(23)13-25-17-9-6-8-16(12-17)24-5/h6-12,14-15H,13H2,1-5H3,(H,22,23). The zero-order valence-electron chi connectivity index (χ0n) is 15.6. The van der Waals surface area contributed by atoms with E-state index in [2.05, 4.69) is 51.2 Å². The molecule has 0 aliphatic carbocycles. The second kappa shape index (κ2) is 8.95. The number of nitrogens with one attached hydrogen (secondary N) is 1. The van der Waals surface area contributed by atoms with E-state index < -0.39 is 0 Å². The maximum Gasteiger partial charge on any atom is 0.234 e. The summed E-state index contributed by atoms with van der Waals surface area (Å²) >= 11 is 1.51. The zero-order valence-corrected chi connectivity index (χ0v) is 16.4. The summed E-state index contributed by atoms with van der Waals surface area (Å²) in [6.45, 7) is 8.61. The molecule has 1 amide bonds. The number of amides is 1. The lowest BCUT2D eigenvalue weighted by molar-refractivity contribution is -0.113. The molecule has 0 aliphatic heterocycles. The van der Waals surface area contributed by atoms with Crippen LogP contribution in [0.15, 0.2) is 47.4 Å². The first kappa shape index (κ1) is 19.4. The first-order valence-corrected chi connectivity index (χ1v) is 9.60. The molecule has 0 heterocycles. The van der Waals surface area contributed by atoms with Crippen LogP contribution in [0.25, 0.3) is 0 Å². The summed E-state index contributed by atoms with van der Waals surface area (Å²) in [6, 6.07) is 14.0. The van der Waals surface area contributed by atoms with Crippen LogP contribution in [-0.4, -0.2) is 18.8 Å². The van der Waals surface area contributed by atoms with Gasteiger partial charge < -0.3 is 10.1 Å². The molecule has 0 aliphatic rings. The van der Waals surface area contributed by atoms with Crippen LogP contribution in [0.5, 0.6) is 5.75 Å². The maximum atomic E-state index is 12.5. The SMILES string of the molecule is COc1cccc(SCC(=O)Nc2c(C(C)C)cccc2C(C)C)c1. The minimum atomic E-state index is 0.0165. The van der Waals surface area contributed by atoms with E-state index in [4.69, 9.17) is 4.74 Å². The van der Waals surface area contributed by atoms with E-state index in [1.807, 2.05) is 24.3 Å². The highest BCUT2D eigenvalue weighted by molar-refractivity contribution is 8.00. The Morgan fingerprint density at radius 1 is 1.04 bits per heavy atom. The Balaban J connectivity index is 2.12. The number of carbonyl (C=O) groups excluding carboxylic acids is 1. The molecule has 3 nitrogen and oxygen atoms in total. The van der Waals surface area contributed by atoms with Gasteiger partial charge in [-0.2, -0.15) is 0 Å². The van der Waals surface area contributed by atoms with Crippen LogP contribution in [0, 0.1) is 0 Å². The predicted octanol–water partition coefficient (Wildman–Crippen LogP) is 5.67. The van der Waals surface area contributed by atoms with Gasteiger partial charge in [0.2, 0.25) is 5.91 Å². The van der Waals surface area contributed by atoms with Crippen LogP contribution < -0.4 is 10.1 Å². The Hall–Kier alpha value is -1.94. The second-order valence-corrected chi connectivity index (χ2v) is 7.69. The van der Waals surface area contributed by atoms with Crippen LogP contribution in [0.4, 0.5) is 5.69 Å². The molecule has 0 spiro atoms. The molecule has 0 saturated heterocycles. The number of para-hydroxylation sites is 1. The van der Waals surface area contributed by atoms with Crippen LogP contribution in [0.2, 0.25) is 0 Å². The zero-order chi connectivity index (χ0) is 18.4. The Kier molecular flexibility index (Phi) is 6.94. The third-order valence-corrected chi connectivity index (χ3v) is 5.04. The number of carbonyl (C=O) groups is 1. The fraction of sp³-hybridized carbons (Fsp3) is 0.381. The molecule has 134 valence electrons. The number of ether oxygens (including phenoxy) is 1. The lowest BCUT2D eigenvalue weighted by Gasteiger charge is -2.20. The fourth-order valence-corrected chi connectivity index (χ4v) is 3.45. The topological polar surface area (TPSA) is 38.3 Å². The monoisotopic (exact) mass is 357 g/mol. The number of anilines is 1. The van der Waals surface area contributed by atoms with Crippen molar-refractivity contribution < 1.29 is 9.53 Å². The summed E-state index contributed by atoms with van der Waals surface area (Å²) in [5, 5.41) is 3.15. The van der Waals surface area contributed by atoms with Gasteiger partial charge >= 0.3 is 0 Å². The summed E-state index contributed by atoms with van der Waals surface area (Å²) in [4.78, 5) is 13.6. The summed E-state index contributed by atoms with van der Waals surface area (Å²) in [5.74, 6) is 1.91. The Bertz CT molecular complexity index is 699. The lowest BCUT2D eigenvalue weighted by Crippen LogP contribution is -2.17. The quantitative estimate of drug-likeness (QED) is 0.649. The third kappa shape index (κ3) is 5.27. The third-order valence-electron chi connectivity index (χ3n) is 4.05. The summed E-state index contributed by atoms with van der Waals surface area (Å²) in [6.07, 6.45) is 0. The van der Waals surface area contributed by atoms with Crippen molar-refractivity contribution in [3.8, 4) is 5.75 Å². The average molecular weight is 358 g/mol. The van der Waals surface area contributed by atoms with Crippen molar-refractivity contribution in [3.05, 3.63) is 53.6 Å². The summed E-state index contributed by atoms with van der Waals surface area (Å²) < 4.78 is 5.23. The molecule has 2 rings (SSSR count). The molecule has 0 aromatic heterocycles. The highest BCUT2D eigenvalue weighted by Gasteiger charge is 2.16. The Morgan fingerprint density at radius 2 is 1.64 bits per heavy atom. The van der Waals surface area contributed by atoms with Crippen LogP contribution >= 0.6 is 11.8 Å². The van der Waals surface area contributed by atoms with Crippen LogP contribution in [-0.2, 0) is 4.79 Å². The highest BCUT2D eigenvalue weighted by Crippen LogP contribution is 2.32. The molecule has 0 bridgehead atoms. The molecule has 2 aromatic rings. The molecule has 2 aromatic carbocycles. The molecule has 1 N–H and O–H groups in total. The average Bonchev–Trinajstić information content (AvgIpc) is 2.60. The van der Waals surface area contributed by atoms with E-state index in [1.165, 1.54) is 22.9 Å². The van der Waals surface area contributed by atoms with E-state index in [0.29, 0.717) is 17.6 Å². The van der Waals surface area contributed by atoms with Gasteiger partial charge in [-0.1, -0.05) is 52.0 Å². The number of methoxy groups -OCH3 is 1. The van der Waals surface area contributed by atoms with E-state index in [1.54, 1.807) is 7.11 Å². The van der Waals surface area contributed by atoms with Crippen LogP contribution in [0.3, 0.4) is 0 Å².